The first-order chi connectivity index (χ1) is 10.2. The number of fused-ring (bicyclic) bond motifs is 1. The third-order valence-electron chi connectivity index (χ3n) is 4.04. The van der Waals surface area contributed by atoms with Gasteiger partial charge >= 0.3 is 29.6 Å². The molecular formula is C19H23NaO2. The Bertz CT molecular complexity index is 635. The first kappa shape index (κ1) is 19.2. The smallest absolute Gasteiger partial charge is 0.545 e. The predicted octanol–water partition coefficient (Wildman–Crippen LogP) is 0.893. The first-order valence-electron chi connectivity index (χ1n) is 7.93. The van der Waals surface area contributed by atoms with E-state index >= 15 is 0 Å². The SMILES string of the molecule is CCCCc1ccc(C(=O)[O-])c2c(CCCC)cccc12.[Na+]. The van der Waals surface area contributed by atoms with Gasteiger partial charge < -0.3 is 9.90 Å². The molecule has 0 atom stereocenters. The van der Waals surface area contributed by atoms with Crippen LogP contribution in [0.15, 0.2) is 30.3 Å². The molecule has 2 nitrogen and oxygen atoms in total. The van der Waals surface area contributed by atoms with Crippen LogP contribution in [0.4, 0.5) is 0 Å². The Morgan fingerprint density at radius 3 is 2.18 bits per heavy atom. The summed E-state index contributed by atoms with van der Waals surface area (Å²) in [7, 11) is 0. The van der Waals surface area contributed by atoms with E-state index in [1.165, 1.54) is 5.56 Å². The van der Waals surface area contributed by atoms with Crippen molar-refractivity contribution in [3.63, 3.8) is 0 Å². The number of rotatable bonds is 7. The molecule has 0 fully saturated rings. The van der Waals surface area contributed by atoms with Crippen LogP contribution in [0.3, 0.4) is 0 Å². The molecule has 0 aliphatic heterocycles. The van der Waals surface area contributed by atoms with Gasteiger partial charge in [-0.3, -0.25) is 0 Å². The van der Waals surface area contributed by atoms with E-state index in [4.69, 9.17) is 0 Å². The Labute approximate surface area is 155 Å². The number of unbranched alkanes of at least 4 members (excludes halogenated alkanes) is 2. The van der Waals surface area contributed by atoms with Gasteiger partial charge in [-0.2, -0.15) is 0 Å². The molecule has 3 heteroatoms. The van der Waals surface area contributed by atoms with Gasteiger partial charge in [-0.15, -0.1) is 0 Å². The summed E-state index contributed by atoms with van der Waals surface area (Å²) in [6.45, 7) is 4.32. The number of benzene rings is 2. The van der Waals surface area contributed by atoms with Crippen molar-refractivity contribution < 1.29 is 39.5 Å². The standard InChI is InChI=1S/C19H24O2.Na/c1-3-5-8-14-12-13-17(19(20)21)18-15(9-6-4-2)10-7-11-16(14)18;/h7,10-13H,3-6,8-9H2,1-2H3,(H,20,21);/q;+1/p-1. The molecule has 112 valence electrons. The quantitative estimate of drug-likeness (QED) is 0.713. The van der Waals surface area contributed by atoms with Crippen LogP contribution in [0.1, 0.15) is 61.0 Å². The van der Waals surface area contributed by atoms with Crippen molar-refractivity contribution >= 4 is 16.7 Å². The third-order valence-corrected chi connectivity index (χ3v) is 4.04. The van der Waals surface area contributed by atoms with Crippen LogP contribution in [0.25, 0.3) is 10.8 Å². The normalized spacial score (nSPS) is 10.5. The molecule has 0 amide bonds. The zero-order valence-electron chi connectivity index (χ0n) is 13.9. The number of carboxylic acids is 1. The van der Waals surface area contributed by atoms with Gasteiger partial charge in [-0.1, -0.05) is 57.0 Å². The Hall–Kier alpha value is -0.830. The Kier molecular flexibility index (Phi) is 8.16. The Morgan fingerprint density at radius 1 is 0.955 bits per heavy atom. The topological polar surface area (TPSA) is 40.1 Å². The number of aryl methyl sites for hydroxylation is 2. The van der Waals surface area contributed by atoms with E-state index in [-0.39, 0.29) is 29.6 Å². The summed E-state index contributed by atoms with van der Waals surface area (Å²) in [6, 6.07) is 9.81. The molecule has 0 unspecified atom stereocenters. The van der Waals surface area contributed by atoms with Gasteiger partial charge in [0.25, 0.3) is 0 Å². The van der Waals surface area contributed by atoms with Crippen LogP contribution in [-0.2, 0) is 12.8 Å². The molecule has 2 aromatic rings. The Morgan fingerprint density at radius 2 is 1.59 bits per heavy atom. The molecule has 0 N–H and O–H groups in total. The summed E-state index contributed by atoms with van der Waals surface area (Å²) >= 11 is 0. The van der Waals surface area contributed by atoms with Crippen LogP contribution in [0, 0.1) is 0 Å². The number of carbonyl (C=O) groups excluding carboxylic acids is 1. The van der Waals surface area contributed by atoms with Crippen molar-refractivity contribution in [3.8, 4) is 0 Å². The van der Waals surface area contributed by atoms with Gasteiger partial charge in [0.2, 0.25) is 0 Å². The maximum absolute atomic E-state index is 11.5. The molecule has 0 radical (unpaired) electrons. The van der Waals surface area contributed by atoms with Crippen molar-refractivity contribution in [2.75, 3.05) is 0 Å². The van der Waals surface area contributed by atoms with Gasteiger partial charge in [0.1, 0.15) is 0 Å². The number of hydrogen-bond acceptors (Lipinski definition) is 2. The molecule has 0 saturated carbocycles. The number of hydrogen-bond donors (Lipinski definition) is 0. The maximum Gasteiger partial charge on any atom is 1.00 e. The molecule has 0 bridgehead atoms. The number of carboxylic acid groups (broad SMARTS) is 1. The summed E-state index contributed by atoms with van der Waals surface area (Å²) in [4.78, 5) is 11.5. The minimum absolute atomic E-state index is 0. The van der Waals surface area contributed by atoms with Crippen LogP contribution in [0.2, 0.25) is 0 Å². The summed E-state index contributed by atoms with van der Waals surface area (Å²) in [5.41, 5.74) is 2.71. The van der Waals surface area contributed by atoms with Crippen LogP contribution in [-0.4, -0.2) is 5.97 Å². The minimum Gasteiger partial charge on any atom is -0.545 e. The zero-order valence-corrected chi connectivity index (χ0v) is 15.9. The van der Waals surface area contributed by atoms with Crippen molar-refractivity contribution in [2.45, 2.75) is 52.4 Å². The van der Waals surface area contributed by atoms with E-state index in [0.717, 1.165) is 54.9 Å². The van der Waals surface area contributed by atoms with E-state index in [1.54, 1.807) is 6.07 Å². The average Bonchev–Trinajstić information content (AvgIpc) is 2.50. The second-order valence-electron chi connectivity index (χ2n) is 5.61. The van der Waals surface area contributed by atoms with Crippen LogP contribution < -0.4 is 34.7 Å². The summed E-state index contributed by atoms with van der Waals surface area (Å²) in [5, 5.41) is 13.4. The molecule has 2 aromatic carbocycles. The molecular weight excluding hydrogens is 283 g/mol. The molecule has 0 aliphatic carbocycles. The fraction of sp³-hybridized carbons (Fsp3) is 0.421. The summed E-state index contributed by atoms with van der Waals surface area (Å²) in [6.07, 6.45) is 6.36. The van der Waals surface area contributed by atoms with Crippen molar-refractivity contribution in [1.82, 2.24) is 0 Å². The molecule has 22 heavy (non-hydrogen) atoms. The third kappa shape index (κ3) is 4.34. The molecule has 0 heterocycles. The fourth-order valence-electron chi connectivity index (χ4n) is 2.87. The minimum atomic E-state index is -1.08. The molecule has 0 aliphatic rings. The predicted molar refractivity (Wildman–Crippen MR) is 85.5 cm³/mol. The van der Waals surface area contributed by atoms with E-state index in [9.17, 15) is 9.90 Å². The van der Waals surface area contributed by atoms with Crippen LogP contribution >= 0.6 is 0 Å². The van der Waals surface area contributed by atoms with Gasteiger partial charge in [-0.25, -0.2) is 0 Å². The first-order valence-corrected chi connectivity index (χ1v) is 7.93. The van der Waals surface area contributed by atoms with Crippen molar-refractivity contribution in [3.05, 3.63) is 47.0 Å². The van der Waals surface area contributed by atoms with E-state index < -0.39 is 5.97 Å². The van der Waals surface area contributed by atoms with Crippen LogP contribution in [0.5, 0.6) is 0 Å². The second kappa shape index (κ2) is 9.34. The second-order valence-corrected chi connectivity index (χ2v) is 5.61. The van der Waals surface area contributed by atoms with Gasteiger partial charge in [0.15, 0.2) is 0 Å². The van der Waals surface area contributed by atoms with Crippen molar-refractivity contribution in [1.29, 1.82) is 0 Å². The molecule has 0 spiro atoms. The molecule has 0 aromatic heterocycles. The average molecular weight is 306 g/mol. The van der Waals surface area contributed by atoms with E-state index in [1.807, 2.05) is 24.3 Å². The largest absolute Gasteiger partial charge is 1.00 e. The monoisotopic (exact) mass is 306 g/mol. The summed E-state index contributed by atoms with van der Waals surface area (Å²) < 4.78 is 0. The molecule has 2 rings (SSSR count). The van der Waals surface area contributed by atoms with Crippen molar-refractivity contribution in [2.24, 2.45) is 0 Å². The summed E-state index contributed by atoms with van der Waals surface area (Å²) in [5.74, 6) is -1.08. The number of aromatic carboxylic acids is 1. The molecule has 0 saturated heterocycles. The van der Waals surface area contributed by atoms with Gasteiger partial charge in [-0.05, 0) is 47.6 Å². The van der Waals surface area contributed by atoms with Gasteiger partial charge in [0, 0.05) is 5.56 Å². The fourth-order valence-corrected chi connectivity index (χ4v) is 2.87. The Balaban J connectivity index is 0.00000242. The number of carbonyl (C=O) groups is 1. The zero-order chi connectivity index (χ0) is 15.2. The van der Waals surface area contributed by atoms with E-state index in [0.29, 0.717) is 5.56 Å². The van der Waals surface area contributed by atoms with Gasteiger partial charge in [0.05, 0.1) is 5.97 Å². The van der Waals surface area contributed by atoms with E-state index in [2.05, 4.69) is 13.8 Å². The maximum atomic E-state index is 11.5.